The summed E-state index contributed by atoms with van der Waals surface area (Å²) in [4.78, 5) is 0. The Morgan fingerprint density at radius 2 is 1.45 bits per heavy atom. The molecule has 160 valence electrons. The minimum Gasteiger partial charge on any atom is -0.123 e. The predicted octanol–water partition coefficient (Wildman–Crippen LogP) is 8.83. The molecule has 0 aliphatic heterocycles. The Bertz CT molecular complexity index is 747. The van der Waals surface area contributed by atoms with Crippen LogP contribution in [0.4, 0.5) is 0 Å². The van der Waals surface area contributed by atoms with Crippen LogP contribution >= 0.6 is 20.2 Å². The van der Waals surface area contributed by atoms with Gasteiger partial charge in [-0.05, 0) is 63.5 Å². The molecular weight excluding hydrogens is 391 g/mol. The second kappa shape index (κ2) is 11.5. The van der Waals surface area contributed by atoms with E-state index in [-0.39, 0.29) is 0 Å². The summed E-state index contributed by atoms with van der Waals surface area (Å²) in [7, 11) is 0.761. The normalized spacial score (nSPS) is 13.3. The highest BCUT2D eigenvalue weighted by molar-refractivity contribution is 7.47. The molecule has 0 nitrogen and oxygen atoms in total. The molecule has 0 saturated heterocycles. The van der Waals surface area contributed by atoms with Crippen molar-refractivity contribution >= 4 is 25.5 Å². The van der Waals surface area contributed by atoms with Gasteiger partial charge in [-0.3, -0.25) is 0 Å². The number of hydrogen-bond acceptors (Lipinski definition) is 0. The van der Waals surface area contributed by atoms with Crippen LogP contribution in [0, 0.1) is 0 Å². The number of unbranched alkanes of at least 4 members (excludes halogenated alkanes) is 1. The average Bonchev–Trinajstić information content (AvgIpc) is 2.69. The second-order valence-electron chi connectivity index (χ2n) is 9.20. The van der Waals surface area contributed by atoms with Crippen molar-refractivity contribution in [2.75, 3.05) is 6.16 Å². The lowest BCUT2D eigenvalue weighted by Gasteiger charge is -2.25. The molecule has 0 aliphatic rings. The smallest absolute Gasteiger partial charge is 0.0375 e. The molecule has 29 heavy (non-hydrogen) atoms. The van der Waals surface area contributed by atoms with E-state index in [1.165, 1.54) is 46.0 Å². The van der Waals surface area contributed by atoms with E-state index in [4.69, 9.17) is 11.6 Å². The molecule has 2 unspecified atom stereocenters. The molecular formula is C27H40ClP. The Morgan fingerprint density at radius 1 is 0.862 bits per heavy atom. The lowest BCUT2D eigenvalue weighted by molar-refractivity contribution is 0.712. The summed E-state index contributed by atoms with van der Waals surface area (Å²) in [6.07, 6.45) is 4.66. The molecule has 0 aromatic heterocycles. The topological polar surface area (TPSA) is 0 Å². The van der Waals surface area contributed by atoms with E-state index in [9.17, 15) is 0 Å². The Balaban J connectivity index is 2.53. The Morgan fingerprint density at radius 3 is 1.97 bits per heavy atom. The van der Waals surface area contributed by atoms with Crippen LogP contribution in [0.15, 0.2) is 36.4 Å². The fraction of sp³-hybridized carbons (Fsp3) is 0.556. The van der Waals surface area contributed by atoms with Gasteiger partial charge in [0, 0.05) is 5.38 Å². The highest BCUT2D eigenvalue weighted by Crippen LogP contribution is 2.39. The van der Waals surface area contributed by atoms with Gasteiger partial charge >= 0.3 is 0 Å². The van der Waals surface area contributed by atoms with Crippen molar-refractivity contribution in [1.29, 1.82) is 0 Å². The predicted molar refractivity (Wildman–Crippen MR) is 136 cm³/mol. The summed E-state index contributed by atoms with van der Waals surface area (Å²) in [6, 6.07) is 14.0. The van der Waals surface area contributed by atoms with E-state index in [2.05, 4.69) is 84.9 Å². The molecule has 0 heterocycles. The fourth-order valence-corrected chi connectivity index (χ4v) is 5.51. The molecule has 0 amide bonds. The standard InChI is InChI=1S/C27H40ClP/c1-8-9-12-22(28)17-29-26-14-11-10-13-23(26)27-24(19(4)5)15-21(18(2)3)16-25(27)20(6)7/h10-11,13-16,18-20,22,29H,8-9,12,17H2,1-7H3. The zero-order valence-electron chi connectivity index (χ0n) is 19.5. The van der Waals surface area contributed by atoms with Gasteiger partial charge in [-0.15, -0.1) is 11.6 Å². The first-order chi connectivity index (χ1) is 13.8. The van der Waals surface area contributed by atoms with E-state index in [0.717, 1.165) is 21.2 Å². The van der Waals surface area contributed by atoms with Crippen molar-refractivity contribution < 1.29 is 0 Å². The van der Waals surface area contributed by atoms with Gasteiger partial charge in [-0.2, -0.15) is 0 Å². The molecule has 2 rings (SSSR count). The number of hydrogen-bond donors (Lipinski definition) is 0. The van der Waals surface area contributed by atoms with Crippen LogP contribution in [0.2, 0.25) is 0 Å². The van der Waals surface area contributed by atoms with Crippen molar-refractivity contribution in [2.24, 2.45) is 0 Å². The first-order valence-corrected chi connectivity index (χ1v) is 13.1. The lowest BCUT2D eigenvalue weighted by atomic mass is 9.82. The summed E-state index contributed by atoms with van der Waals surface area (Å²) in [6.45, 7) is 16.2. The molecule has 0 aliphatic carbocycles. The van der Waals surface area contributed by atoms with E-state index in [0.29, 0.717) is 23.1 Å². The Kier molecular flexibility index (Phi) is 9.71. The zero-order valence-corrected chi connectivity index (χ0v) is 21.2. The lowest BCUT2D eigenvalue weighted by Crippen LogP contribution is -2.10. The highest BCUT2D eigenvalue weighted by Gasteiger charge is 2.20. The van der Waals surface area contributed by atoms with Crippen LogP contribution in [0.1, 0.15) is 102 Å². The van der Waals surface area contributed by atoms with Gasteiger partial charge in [-0.25, -0.2) is 0 Å². The summed E-state index contributed by atoms with van der Waals surface area (Å²) in [5.74, 6) is 1.55. The molecule has 0 N–H and O–H groups in total. The number of alkyl halides is 1. The van der Waals surface area contributed by atoms with Crippen molar-refractivity contribution in [2.45, 2.75) is 90.9 Å². The third kappa shape index (κ3) is 6.57. The van der Waals surface area contributed by atoms with Crippen LogP contribution in [-0.2, 0) is 0 Å². The molecule has 2 heteroatoms. The highest BCUT2D eigenvalue weighted by atomic mass is 35.5. The van der Waals surface area contributed by atoms with Crippen LogP contribution < -0.4 is 5.30 Å². The summed E-state index contributed by atoms with van der Waals surface area (Å²) >= 11 is 6.63. The molecule has 0 saturated carbocycles. The van der Waals surface area contributed by atoms with Gasteiger partial charge < -0.3 is 0 Å². The SMILES string of the molecule is CCCCC(Cl)CPc1ccccc1-c1c(C(C)C)cc(C(C)C)cc1C(C)C. The van der Waals surface area contributed by atoms with E-state index >= 15 is 0 Å². The van der Waals surface area contributed by atoms with Gasteiger partial charge in [0.2, 0.25) is 0 Å². The van der Waals surface area contributed by atoms with Crippen molar-refractivity contribution in [1.82, 2.24) is 0 Å². The van der Waals surface area contributed by atoms with Crippen molar-refractivity contribution in [3.8, 4) is 11.1 Å². The van der Waals surface area contributed by atoms with E-state index in [1.54, 1.807) is 0 Å². The number of halogens is 1. The largest absolute Gasteiger partial charge is 0.123 e. The molecule has 2 atom stereocenters. The Labute approximate surface area is 186 Å². The van der Waals surface area contributed by atoms with Crippen LogP contribution in [0.25, 0.3) is 11.1 Å². The average molecular weight is 431 g/mol. The quantitative estimate of drug-likeness (QED) is 0.261. The number of rotatable bonds is 10. The third-order valence-electron chi connectivity index (χ3n) is 5.71. The molecule has 0 bridgehead atoms. The molecule has 0 spiro atoms. The van der Waals surface area contributed by atoms with Crippen LogP contribution in [-0.4, -0.2) is 11.5 Å². The molecule has 0 fully saturated rings. The monoisotopic (exact) mass is 430 g/mol. The molecule has 2 aromatic carbocycles. The first kappa shape index (κ1) is 24.4. The fourth-order valence-electron chi connectivity index (χ4n) is 3.87. The van der Waals surface area contributed by atoms with E-state index in [1.807, 2.05) is 0 Å². The first-order valence-electron chi connectivity index (χ1n) is 11.4. The minimum absolute atomic E-state index is 0.291. The maximum Gasteiger partial charge on any atom is 0.0375 e. The van der Waals surface area contributed by atoms with Gasteiger partial charge in [-0.1, -0.05) is 106 Å². The molecule has 0 radical (unpaired) electrons. The van der Waals surface area contributed by atoms with Crippen molar-refractivity contribution in [3.63, 3.8) is 0 Å². The third-order valence-corrected chi connectivity index (χ3v) is 7.86. The number of benzene rings is 2. The Hall–Kier alpha value is -0.840. The van der Waals surface area contributed by atoms with Gasteiger partial charge in [0.05, 0.1) is 0 Å². The molecule has 2 aromatic rings. The van der Waals surface area contributed by atoms with Gasteiger partial charge in [0.1, 0.15) is 0 Å². The van der Waals surface area contributed by atoms with E-state index < -0.39 is 0 Å². The second-order valence-corrected chi connectivity index (χ2v) is 11.1. The summed E-state index contributed by atoms with van der Waals surface area (Å²) in [5, 5.41) is 1.76. The van der Waals surface area contributed by atoms with Crippen molar-refractivity contribution in [3.05, 3.63) is 53.1 Å². The maximum absolute atomic E-state index is 6.63. The minimum atomic E-state index is 0.291. The van der Waals surface area contributed by atoms with Crippen LogP contribution in [0.3, 0.4) is 0 Å². The zero-order chi connectivity index (χ0) is 21.6. The van der Waals surface area contributed by atoms with Crippen LogP contribution in [0.5, 0.6) is 0 Å². The summed E-state index contributed by atoms with van der Waals surface area (Å²) < 4.78 is 0. The summed E-state index contributed by atoms with van der Waals surface area (Å²) in [5.41, 5.74) is 7.34. The van der Waals surface area contributed by atoms with Gasteiger partial charge in [0.25, 0.3) is 0 Å². The maximum atomic E-state index is 6.63. The van der Waals surface area contributed by atoms with Gasteiger partial charge in [0.15, 0.2) is 0 Å².